The molecule has 0 bridgehead atoms. The number of aromatic nitrogens is 3. The molecule has 0 saturated carbocycles. The summed E-state index contributed by atoms with van der Waals surface area (Å²) < 4.78 is 37.2. The second kappa shape index (κ2) is 9.98. The molecule has 8 nitrogen and oxygen atoms in total. The molecule has 1 amide bonds. The van der Waals surface area contributed by atoms with Crippen molar-refractivity contribution in [1.82, 2.24) is 19.9 Å². The molecule has 4 rings (SSSR count). The number of alkyl halides is 3. The highest BCUT2D eigenvalue weighted by Gasteiger charge is 2.38. The van der Waals surface area contributed by atoms with Gasteiger partial charge in [-0.15, -0.1) is 11.3 Å². The first-order valence-corrected chi connectivity index (χ1v) is 10.5. The minimum absolute atomic E-state index is 0.151. The third kappa shape index (κ3) is 5.96. The van der Waals surface area contributed by atoms with E-state index in [4.69, 9.17) is 14.3 Å². The predicted octanol–water partition coefficient (Wildman–Crippen LogP) is 4.02. The Morgan fingerprint density at radius 1 is 1.34 bits per heavy atom. The molecule has 0 atom stereocenters. The topological polar surface area (TPSA) is 112 Å². The summed E-state index contributed by atoms with van der Waals surface area (Å²) in [5.74, 6) is -0.394. The molecule has 3 aromatic rings. The summed E-state index contributed by atoms with van der Waals surface area (Å²) in [5.41, 5.74) is 0.842. The minimum Gasteiger partial charge on any atom is -0.475 e. The van der Waals surface area contributed by atoms with Crippen LogP contribution < -0.4 is 0 Å². The Balaban J connectivity index is 0.000000360. The van der Waals surface area contributed by atoms with Crippen molar-refractivity contribution in [2.24, 2.45) is 0 Å². The summed E-state index contributed by atoms with van der Waals surface area (Å²) in [5, 5.41) is 7.97. The molecule has 1 saturated heterocycles. The number of halogens is 3. The van der Waals surface area contributed by atoms with Crippen molar-refractivity contribution in [2.45, 2.75) is 38.3 Å². The number of aliphatic carboxylic acids is 1. The van der Waals surface area contributed by atoms with E-state index >= 15 is 0 Å². The first-order valence-electron chi connectivity index (χ1n) is 9.72. The first kappa shape index (κ1) is 23.5. The number of carboxylic acid groups (broad SMARTS) is 1. The van der Waals surface area contributed by atoms with Crippen LogP contribution in [0.1, 0.15) is 34.5 Å². The number of rotatable bonds is 4. The molecule has 0 radical (unpaired) electrons. The van der Waals surface area contributed by atoms with E-state index in [-0.39, 0.29) is 5.91 Å². The van der Waals surface area contributed by atoms with Gasteiger partial charge < -0.3 is 19.4 Å². The Hall–Kier alpha value is -3.15. The van der Waals surface area contributed by atoms with E-state index in [1.165, 1.54) is 0 Å². The zero-order chi connectivity index (χ0) is 23.3. The summed E-state index contributed by atoms with van der Waals surface area (Å²) >= 11 is 1.57. The van der Waals surface area contributed by atoms with E-state index in [0.717, 1.165) is 53.1 Å². The Kier molecular flexibility index (Phi) is 7.33. The number of carbonyl (C=O) groups is 2. The lowest BCUT2D eigenvalue weighted by Crippen LogP contribution is -2.38. The van der Waals surface area contributed by atoms with Gasteiger partial charge in [-0.3, -0.25) is 4.79 Å². The van der Waals surface area contributed by atoms with Gasteiger partial charge in [0.15, 0.2) is 5.76 Å². The number of piperidine rings is 1. The van der Waals surface area contributed by atoms with Crippen molar-refractivity contribution < 1.29 is 32.3 Å². The van der Waals surface area contributed by atoms with Crippen LogP contribution in [0, 0.1) is 6.92 Å². The van der Waals surface area contributed by atoms with Crippen LogP contribution in [0.2, 0.25) is 0 Å². The number of imidazole rings is 1. The number of thiazole rings is 1. The minimum atomic E-state index is -5.08. The average Bonchev–Trinajstić information content (AvgIpc) is 3.50. The van der Waals surface area contributed by atoms with Crippen LogP contribution >= 0.6 is 11.3 Å². The molecule has 2 N–H and O–H groups in total. The van der Waals surface area contributed by atoms with Gasteiger partial charge in [0.05, 0.1) is 12.7 Å². The molecule has 32 heavy (non-hydrogen) atoms. The van der Waals surface area contributed by atoms with Gasteiger partial charge >= 0.3 is 12.1 Å². The summed E-state index contributed by atoms with van der Waals surface area (Å²) in [7, 11) is 0. The van der Waals surface area contributed by atoms with Crippen LogP contribution in [0.5, 0.6) is 0 Å². The number of nitrogens with zero attached hydrogens (tertiary/aromatic N) is 3. The number of H-pyrrole nitrogens is 1. The number of carboxylic acids is 1. The fourth-order valence-electron chi connectivity index (χ4n) is 3.31. The van der Waals surface area contributed by atoms with E-state index in [1.807, 2.05) is 30.2 Å². The summed E-state index contributed by atoms with van der Waals surface area (Å²) in [6.07, 6.45) is 2.46. The van der Waals surface area contributed by atoms with Gasteiger partial charge in [0.25, 0.3) is 0 Å². The molecule has 3 aromatic heterocycles. The van der Waals surface area contributed by atoms with Gasteiger partial charge in [-0.25, -0.2) is 14.8 Å². The van der Waals surface area contributed by atoms with E-state index in [1.54, 1.807) is 23.8 Å². The van der Waals surface area contributed by atoms with Gasteiger partial charge in [0.1, 0.15) is 16.5 Å². The van der Waals surface area contributed by atoms with E-state index < -0.39 is 12.1 Å². The Morgan fingerprint density at radius 2 is 2.03 bits per heavy atom. The zero-order valence-corrected chi connectivity index (χ0v) is 17.9. The molecular formula is C20H21F3N4O4S. The maximum atomic E-state index is 12.6. The molecule has 0 spiro atoms. The molecule has 1 aliphatic heterocycles. The van der Waals surface area contributed by atoms with Gasteiger partial charge in [0, 0.05) is 36.3 Å². The highest BCUT2D eigenvalue weighted by atomic mass is 32.1. The molecule has 172 valence electrons. The maximum absolute atomic E-state index is 12.6. The quantitative estimate of drug-likeness (QED) is 0.596. The predicted molar refractivity (Wildman–Crippen MR) is 109 cm³/mol. The van der Waals surface area contributed by atoms with E-state index in [2.05, 4.69) is 15.0 Å². The number of likely N-dealkylation sites (tertiary alicyclic amines) is 1. The van der Waals surface area contributed by atoms with Crippen molar-refractivity contribution in [3.05, 3.63) is 46.5 Å². The summed E-state index contributed by atoms with van der Waals surface area (Å²) in [6.45, 7) is 3.57. The SMILES string of the molecule is Cc1sc(CC(=O)N2CCC(c3ncc[nH]3)CC2)nc1-c1ccco1.O=C(O)C(F)(F)F. The summed E-state index contributed by atoms with van der Waals surface area (Å²) in [4.78, 5) is 36.7. The van der Waals surface area contributed by atoms with Crippen molar-refractivity contribution in [3.8, 4) is 11.5 Å². The number of aryl methyl sites for hydroxylation is 1. The third-order valence-electron chi connectivity index (χ3n) is 4.89. The molecular weight excluding hydrogens is 449 g/mol. The number of aromatic amines is 1. The molecule has 12 heteroatoms. The van der Waals surface area contributed by atoms with E-state index in [0.29, 0.717) is 12.3 Å². The molecule has 0 aromatic carbocycles. The first-order chi connectivity index (χ1) is 15.1. The second-order valence-electron chi connectivity index (χ2n) is 7.10. The molecule has 1 aliphatic rings. The van der Waals surface area contributed by atoms with E-state index in [9.17, 15) is 18.0 Å². The van der Waals surface area contributed by atoms with Crippen LogP contribution in [-0.2, 0) is 16.0 Å². The highest BCUT2D eigenvalue weighted by molar-refractivity contribution is 7.12. The lowest BCUT2D eigenvalue weighted by atomic mass is 9.96. The zero-order valence-electron chi connectivity index (χ0n) is 17.1. The Labute approximate surface area is 185 Å². The summed E-state index contributed by atoms with van der Waals surface area (Å²) in [6, 6.07) is 3.75. The average molecular weight is 470 g/mol. The normalized spacial score (nSPS) is 14.7. The van der Waals surface area contributed by atoms with Gasteiger partial charge in [-0.2, -0.15) is 13.2 Å². The van der Waals surface area contributed by atoms with Crippen molar-refractivity contribution in [1.29, 1.82) is 0 Å². The number of carbonyl (C=O) groups excluding carboxylic acids is 1. The van der Waals surface area contributed by atoms with Gasteiger partial charge in [-0.05, 0) is 31.9 Å². The number of amides is 1. The second-order valence-corrected chi connectivity index (χ2v) is 8.39. The van der Waals surface area contributed by atoms with Crippen LogP contribution in [0.4, 0.5) is 13.2 Å². The third-order valence-corrected chi connectivity index (χ3v) is 5.86. The lowest BCUT2D eigenvalue weighted by molar-refractivity contribution is -0.192. The Bertz CT molecular complexity index is 1020. The maximum Gasteiger partial charge on any atom is 0.490 e. The number of furan rings is 1. The Morgan fingerprint density at radius 3 is 2.56 bits per heavy atom. The monoisotopic (exact) mass is 470 g/mol. The van der Waals surface area contributed by atoms with Crippen LogP contribution in [0.3, 0.4) is 0 Å². The largest absolute Gasteiger partial charge is 0.490 e. The van der Waals surface area contributed by atoms with Crippen molar-refractivity contribution >= 4 is 23.2 Å². The molecule has 1 fully saturated rings. The molecule has 0 unspecified atom stereocenters. The number of hydrogen-bond donors (Lipinski definition) is 2. The lowest BCUT2D eigenvalue weighted by Gasteiger charge is -2.31. The smallest absolute Gasteiger partial charge is 0.475 e. The molecule has 0 aliphatic carbocycles. The highest BCUT2D eigenvalue weighted by Crippen LogP contribution is 2.29. The number of nitrogens with one attached hydrogen (secondary N) is 1. The van der Waals surface area contributed by atoms with Crippen LogP contribution in [-0.4, -0.2) is 56.1 Å². The fraction of sp³-hybridized carbons (Fsp3) is 0.400. The fourth-order valence-corrected chi connectivity index (χ4v) is 4.24. The van der Waals surface area contributed by atoms with Crippen LogP contribution in [0.25, 0.3) is 11.5 Å². The van der Waals surface area contributed by atoms with Gasteiger partial charge in [-0.1, -0.05) is 0 Å². The number of hydrogen-bond acceptors (Lipinski definition) is 6. The molecule has 4 heterocycles. The van der Waals surface area contributed by atoms with Gasteiger partial charge in [0.2, 0.25) is 5.91 Å². The van der Waals surface area contributed by atoms with Crippen molar-refractivity contribution in [3.63, 3.8) is 0 Å². The van der Waals surface area contributed by atoms with Crippen molar-refractivity contribution in [2.75, 3.05) is 13.1 Å². The van der Waals surface area contributed by atoms with Crippen LogP contribution in [0.15, 0.2) is 35.2 Å². The standard InChI is InChI=1S/C18H20N4O2S.C2HF3O2/c1-12-17(14-3-2-10-24-14)21-15(25-12)11-16(23)22-8-4-13(5-9-22)18-19-6-7-20-18;3-2(4,5)1(6)7/h2-3,6-7,10,13H,4-5,8-9,11H2,1H3,(H,19,20);(H,6,7).